The normalized spacial score (nSPS) is 26.5. The second kappa shape index (κ2) is 13.8. The minimum absolute atomic E-state index is 0.0951. The van der Waals surface area contributed by atoms with E-state index in [1.807, 2.05) is 0 Å². The van der Waals surface area contributed by atoms with E-state index in [-0.39, 0.29) is 32.7 Å². The number of halogens is 5. The number of hydrogen-bond donors (Lipinski definition) is 3. The van der Waals surface area contributed by atoms with Gasteiger partial charge >= 0.3 is 0 Å². The van der Waals surface area contributed by atoms with Crippen molar-refractivity contribution in [3.63, 3.8) is 0 Å². The molecule has 0 saturated carbocycles. The number of aliphatic hydroxyl groups excluding tert-OH is 3. The number of piperidine rings is 1. The van der Waals surface area contributed by atoms with E-state index < -0.39 is 83.3 Å². The number of aromatic nitrogens is 3. The summed E-state index contributed by atoms with van der Waals surface area (Å²) in [7, 11) is -2.09. The Hall–Kier alpha value is -2.63. The minimum atomic E-state index is -2.09. The number of rotatable bonds is 8. The molecule has 238 valence electrons. The number of carbonyl (C=O) groups excluding carboxylic acids is 1. The van der Waals surface area contributed by atoms with Crippen molar-refractivity contribution in [1.82, 2.24) is 19.9 Å². The van der Waals surface area contributed by atoms with Crippen LogP contribution in [0.15, 0.2) is 41.4 Å². The maximum atomic E-state index is 13.9. The van der Waals surface area contributed by atoms with Crippen LogP contribution in [0, 0.1) is 17.5 Å². The third-order valence-corrected chi connectivity index (χ3v) is 9.66. The third kappa shape index (κ3) is 6.79. The lowest BCUT2D eigenvalue weighted by atomic mass is 9.97. The fourth-order valence-electron chi connectivity index (χ4n) is 5.15. The van der Waals surface area contributed by atoms with E-state index in [0.717, 1.165) is 4.68 Å². The van der Waals surface area contributed by atoms with Crippen LogP contribution in [0.2, 0.25) is 10.0 Å². The molecular weight excluding hydrogens is 652 g/mol. The van der Waals surface area contributed by atoms with Crippen LogP contribution < -0.4 is 0 Å². The van der Waals surface area contributed by atoms with Gasteiger partial charge in [0.05, 0.1) is 39.8 Å². The van der Waals surface area contributed by atoms with Crippen molar-refractivity contribution in [1.29, 1.82) is 0 Å². The van der Waals surface area contributed by atoms with Gasteiger partial charge in [0.2, 0.25) is 5.91 Å². The molecule has 3 heterocycles. The van der Waals surface area contributed by atoms with Crippen LogP contribution in [-0.4, -0.2) is 101 Å². The lowest BCUT2D eigenvalue weighted by Gasteiger charge is -2.43. The summed E-state index contributed by atoms with van der Waals surface area (Å²) in [6.45, 7) is -0.814. The van der Waals surface area contributed by atoms with Gasteiger partial charge in [-0.1, -0.05) is 28.4 Å². The van der Waals surface area contributed by atoms with E-state index >= 15 is 0 Å². The van der Waals surface area contributed by atoms with E-state index in [1.54, 1.807) is 0 Å². The molecule has 0 aliphatic carbocycles. The van der Waals surface area contributed by atoms with E-state index in [0.29, 0.717) is 31.5 Å². The first kappa shape index (κ1) is 32.8. The van der Waals surface area contributed by atoms with Crippen LogP contribution in [0.4, 0.5) is 13.2 Å². The first-order chi connectivity index (χ1) is 21.0. The number of amides is 1. The van der Waals surface area contributed by atoms with Gasteiger partial charge in [-0.25, -0.2) is 17.9 Å². The standard InChI is InChI=1S/C27H27Cl2F3N4O7S/c28-16-4-3-15(8-17(16)29)44(41)27-26(42-12-22(39)35-5-1-2-14(38)9-35)24(25(40)21(11-37)43-27)36-10-20(33-34-36)13-6-18(30)23(32)19(31)7-13/h3-4,6-8,10,14,21,24-27,37-38,40H,1-2,5,9,11-12H2/t14?,21-,24+,25+,26-,27-,44+/m1/s1. The second-order valence-electron chi connectivity index (χ2n) is 10.3. The van der Waals surface area contributed by atoms with Gasteiger partial charge in [-0.05, 0) is 43.2 Å². The highest BCUT2D eigenvalue weighted by molar-refractivity contribution is 7.85. The highest BCUT2D eigenvalue weighted by Crippen LogP contribution is 2.37. The quantitative estimate of drug-likeness (QED) is 0.306. The second-order valence-corrected chi connectivity index (χ2v) is 12.7. The predicted octanol–water partition coefficient (Wildman–Crippen LogP) is 2.46. The predicted molar refractivity (Wildman–Crippen MR) is 151 cm³/mol. The summed E-state index contributed by atoms with van der Waals surface area (Å²) in [5.74, 6) is -5.07. The monoisotopic (exact) mass is 678 g/mol. The number of aliphatic hydroxyl groups is 3. The van der Waals surface area contributed by atoms with Crippen LogP contribution >= 0.6 is 23.2 Å². The Labute approximate surface area is 261 Å². The van der Waals surface area contributed by atoms with Gasteiger partial charge in [-0.15, -0.1) is 5.10 Å². The maximum Gasteiger partial charge on any atom is 0.248 e. The van der Waals surface area contributed by atoms with Crippen molar-refractivity contribution in [2.75, 3.05) is 26.3 Å². The molecule has 44 heavy (non-hydrogen) atoms. The van der Waals surface area contributed by atoms with Crippen LogP contribution in [0.5, 0.6) is 0 Å². The van der Waals surface area contributed by atoms with Gasteiger partial charge in [-0.3, -0.25) is 9.00 Å². The van der Waals surface area contributed by atoms with Crippen LogP contribution in [0.3, 0.4) is 0 Å². The smallest absolute Gasteiger partial charge is 0.248 e. The molecule has 1 amide bonds. The van der Waals surface area contributed by atoms with E-state index in [2.05, 4.69) is 10.3 Å². The van der Waals surface area contributed by atoms with Gasteiger partial charge in [0, 0.05) is 23.5 Å². The summed E-state index contributed by atoms with van der Waals surface area (Å²) in [4.78, 5) is 14.6. The molecule has 2 aromatic carbocycles. The zero-order chi connectivity index (χ0) is 31.7. The van der Waals surface area contributed by atoms with Crippen molar-refractivity contribution >= 4 is 39.9 Å². The summed E-state index contributed by atoms with van der Waals surface area (Å²) in [5, 5.41) is 39.5. The molecule has 11 nitrogen and oxygen atoms in total. The van der Waals surface area contributed by atoms with Crippen LogP contribution in [-0.2, 0) is 25.1 Å². The summed E-state index contributed by atoms with van der Waals surface area (Å²) >= 11 is 12.2. The first-order valence-electron chi connectivity index (χ1n) is 13.4. The number of hydrogen-bond acceptors (Lipinski definition) is 9. The molecule has 0 bridgehead atoms. The minimum Gasteiger partial charge on any atom is -0.394 e. The molecule has 1 aromatic heterocycles. The van der Waals surface area contributed by atoms with Crippen LogP contribution in [0.25, 0.3) is 11.3 Å². The van der Waals surface area contributed by atoms with Gasteiger partial charge in [0.25, 0.3) is 0 Å². The van der Waals surface area contributed by atoms with Crippen molar-refractivity contribution in [2.24, 2.45) is 0 Å². The number of nitrogens with zero attached hydrogens (tertiary/aromatic N) is 4. The summed E-state index contributed by atoms with van der Waals surface area (Å²) in [6.07, 6.45) is -2.67. The number of β-amino-alcohol motifs (C(OH)–C–C–N with tert-alkyl or cyclic N) is 1. The summed E-state index contributed by atoms with van der Waals surface area (Å²) in [5.41, 5.74) is -1.70. The molecule has 3 N–H and O–H groups in total. The Morgan fingerprint density at radius 2 is 1.86 bits per heavy atom. The Kier molecular flexibility index (Phi) is 10.3. The molecule has 7 atom stereocenters. The fourth-order valence-corrected chi connectivity index (χ4v) is 6.94. The van der Waals surface area contributed by atoms with Gasteiger partial charge in [0.1, 0.15) is 36.7 Å². The lowest BCUT2D eigenvalue weighted by molar-refractivity contribution is -0.197. The molecule has 17 heteroatoms. The zero-order valence-corrected chi connectivity index (χ0v) is 25.1. The number of benzene rings is 2. The summed E-state index contributed by atoms with van der Waals surface area (Å²) in [6, 6.07) is 4.32. The van der Waals surface area contributed by atoms with Crippen molar-refractivity contribution in [2.45, 2.75) is 53.6 Å². The fraction of sp³-hybridized carbons (Fsp3) is 0.444. The highest BCUT2D eigenvalue weighted by atomic mass is 35.5. The lowest BCUT2D eigenvalue weighted by Crippen LogP contribution is -2.58. The Morgan fingerprint density at radius 1 is 1.14 bits per heavy atom. The Balaban J connectivity index is 1.52. The topological polar surface area (TPSA) is 147 Å². The number of ether oxygens (including phenoxy) is 2. The van der Waals surface area contributed by atoms with Gasteiger partial charge in [0.15, 0.2) is 22.9 Å². The molecule has 2 aliphatic rings. The molecule has 2 aliphatic heterocycles. The molecule has 0 radical (unpaired) electrons. The Morgan fingerprint density at radius 3 is 2.52 bits per heavy atom. The third-order valence-electron chi connectivity index (χ3n) is 7.40. The molecule has 2 fully saturated rings. The average molecular weight is 680 g/mol. The summed E-state index contributed by atoms with van der Waals surface area (Å²) < 4.78 is 68.2. The number of likely N-dealkylation sites (tertiary alicyclic amines) is 1. The zero-order valence-electron chi connectivity index (χ0n) is 22.7. The molecule has 1 unspecified atom stereocenters. The van der Waals surface area contributed by atoms with Crippen LogP contribution in [0.1, 0.15) is 18.9 Å². The van der Waals surface area contributed by atoms with E-state index in [1.165, 1.54) is 29.3 Å². The Bertz CT molecular complexity index is 1530. The largest absolute Gasteiger partial charge is 0.394 e. The van der Waals surface area contributed by atoms with Crippen molar-refractivity contribution in [3.8, 4) is 11.3 Å². The first-order valence-corrected chi connectivity index (χ1v) is 15.4. The molecule has 2 saturated heterocycles. The average Bonchev–Trinajstić information content (AvgIpc) is 3.49. The van der Waals surface area contributed by atoms with E-state index in [9.17, 15) is 37.5 Å². The van der Waals surface area contributed by atoms with Gasteiger partial charge < -0.3 is 29.7 Å². The van der Waals surface area contributed by atoms with E-state index in [4.69, 9.17) is 32.7 Å². The molecule has 3 aromatic rings. The molecular formula is C27H27Cl2F3N4O7S. The van der Waals surface area contributed by atoms with Gasteiger partial charge in [-0.2, -0.15) is 0 Å². The van der Waals surface area contributed by atoms with Crippen molar-refractivity contribution in [3.05, 3.63) is 64.0 Å². The maximum absolute atomic E-state index is 13.9. The number of carbonyl (C=O) groups is 1. The highest BCUT2D eigenvalue weighted by Gasteiger charge is 2.50. The molecule has 0 spiro atoms. The molecule has 5 rings (SSSR count). The van der Waals surface area contributed by atoms with Crippen molar-refractivity contribution < 1.29 is 47.0 Å². The SMILES string of the molecule is O=C(CO[C@@H]1[C@@H](n2cc(-c3cc(F)c(F)c(F)c3)nn2)[C@@H](O)[C@@H](CO)O[C@@H]1[S@@](=O)c1ccc(Cl)c(Cl)c1)N1CCCC(O)C1.